The fourth-order valence-electron chi connectivity index (χ4n) is 2.43. The highest BCUT2D eigenvalue weighted by Crippen LogP contribution is 2.35. The number of hydrogen-bond acceptors (Lipinski definition) is 6. The van der Waals surface area contributed by atoms with Crippen molar-refractivity contribution in [2.45, 2.75) is 31.1 Å². The molecule has 150 valence electrons. The average Bonchev–Trinajstić information content (AvgIpc) is 3.02. The highest BCUT2D eigenvalue weighted by molar-refractivity contribution is 7.98. The number of benzene rings is 1. The van der Waals surface area contributed by atoms with Crippen LogP contribution in [-0.2, 0) is 5.75 Å². The Hall–Kier alpha value is -2.69. The minimum absolute atomic E-state index is 0.272. The van der Waals surface area contributed by atoms with Crippen molar-refractivity contribution in [3.63, 3.8) is 0 Å². The van der Waals surface area contributed by atoms with Crippen molar-refractivity contribution in [3.8, 4) is 17.2 Å². The quantitative estimate of drug-likeness (QED) is 0.421. The molecule has 1 N–H and O–H groups in total. The molecule has 0 unspecified atom stereocenters. The van der Waals surface area contributed by atoms with E-state index in [0.717, 1.165) is 23.4 Å². The maximum atomic E-state index is 12.5. The minimum atomic E-state index is -3.19. The molecule has 1 aromatic carbocycles. The Balaban J connectivity index is 1.83. The lowest BCUT2D eigenvalue weighted by Gasteiger charge is -2.11. The van der Waals surface area contributed by atoms with Crippen LogP contribution in [0.4, 0.5) is 17.6 Å². The molecule has 0 aliphatic carbocycles. The molecule has 11 heteroatoms. The normalized spacial score (nSPS) is 11.4. The van der Waals surface area contributed by atoms with Crippen molar-refractivity contribution in [1.82, 2.24) is 15.0 Å². The molecule has 0 atom stereocenters. The number of fused-ring (bicyclic) bond motifs is 1. The summed E-state index contributed by atoms with van der Waals surface area (Å²) in [7, 11) is 1.57. The molecule has 0 fully saturated rings. The van der Waals surface area contributed by atoms with Gasteiger partial charge in [-0.1, -0.05) is 11.8 Å². The summed E-state index contributed by atoms with van der Waals surface area (Å²) in [5, 5.41) is 0.452. The molecular weight excluding hydrogens is 402 g/mol. The fourth-order valence-corrected chi connectivity index (χ4v) is 3.21. The molecule has 2 aromatic heterocycles. The smallest absolute Gasteiger partial charge is 0.387 e. The third kappa shape index (κ3) is 4.77. The van der Waals surface area contributed by atoms with Crippen molar-refractivity contribution in [1.29, 1.82) is 0 Å². The predicted octanol–water partition coefficient (Wildman–Crippen LogP) is 4.77. The number of imidazole rings is 1. The fraction of sp³-hybridized carbons (Fsp3) is 0.294. The summed E-state index contributed by atoms with van der Waals surface area (Å²) in [6, 6.07) is 4.06. The molecule has 0 aliphatic rings. The van der Waals surface area contributed by atoms with E-state index < -0.39 is 24.7 Å². The van der Waals surface area contributed by atoms with E-state index in [-0.39, 0.29) is 5.52 Å². The molecule has 0 radical (unpaired) electrons. The van der Waals surface area contributed by atoms with Crippen LogP contribution in [0, 0.1) is 6.92 Å². The molecule has 2 heterocycles. The van der Waals surface area contributed by atoms with Crippen LogP contribution in [0.25, 0.3) is 11.0 Å². The number of thioether (sulfide) groups is 1. The Kier molecular flexibility index (Phi) is 6.12. The van der Waals surface area contributed by atoms with Gasteiger partial charge in [0.1, 0.15) is 5.75 Å². The molecular formula is C17H15F4N3O3S. The number of nitrogens with zero attached hydrogens (tertiary/aromatic N) is 2. The number of H-pyrrole nitrogens is 1. The van der Waals surface area contributed by atoms with Crippen LogP contribution in [0.3, 0.4) is 0 Å². The maximum Gasteiger partial charge on any atom is 0.387 e. The van der Waals surface area contributed by atoms with Crippen LogP contribution in [0.1, 0.15) is 11.3 Å². The lowest BCUT2D eigenvalue weighted by molar-refractivity contribution is -0.0690. The predicted molar refractivity (Wildman–Crippen MR) is 94.4 cm³/mol. The van der Waals surface area contributed by atoms with Crippen LogP contribution >= 0.6 is 11.8 Å². The molecule has 28 heavy (non-hydrogen) atoms. The van der Waals surface area contributed by atoms with E-state index in [1.165, 1.54) is 11.8 Å². The summed E-state index contributed by atoms with van der Waals surface area (Å²) in [6.07, 6.45) is 1.69. The van der Waals surface area contributed by atoms with Gasteiger partial charge in [-0.2, -0.15) is 17.6 Å². The molecule has 0 spiro atoms. The first-order valence-electron chi connectivity index (χ1n) is 7.91. The third-order valence-corrected chi connectivity index (χ3v) is 4.55. The molecule has 6 nitrogen and oxygen atoms in total. The van der Waals surface area contributed by atoms with Gasteiger partial charge in [-0.15, -0.1) is 0 Å². The van der Waals surface area contributed by atoms with Gasteiger partial charge < -0.3 is 19.2 Å². The second-order valence-corrected chi connectivity index (χ2v) is 6.51. The highest BCUT2D eigenvalue weighted by Gasteiger charge is 2.18. The number of aromatic amines is 1. The Bertz CT molecular complexity index is 921. The summed E-state index contributed by atoms with van der Waals surface area (Å²) in [6.45, 7) is -4.50. The lowest BCUT2D eigenvalue weighted by atomic mass is 10.2. The highest BCUT2D eigenvalue weighted by atomic mass is 32.2. The lowest BCUT2D eigenvalue weighted by Crippen LogP contribution is -2.07. The Labute approximate surface area is 161 Å². The third-order valence-electron chi connectivity index (χ3n) is 3.64. The summed E-state index contributed by atoms with van der Waals surface area (Å²) < 4.78 is 63.9. The number of methoxy groups -OCH3 is 1. The molecule has 3 aromatic rings. The standard InChI is InChI=1S/C17H15F4N3O3S/c1-8-6-22-9(3-12(8)25-2)7-28-17-23-10-4-13(26-15(18)19)14(27-16(20)21)5-11(10)24-17/h3-6,15-16H,7H2,1-2H3,(H,23,24). The number of hydrogen-bond donors (Lipinski definition) is 1. The monoisotopic (exact) mass is 417 g/mol. The van der Waals surface area contributed by atoms with Crippen molar-refractivity contribution in [3.05, 3.63) is 35.7 Å². The summed E-state index contributed by atoms with van der Waals surface area (Å²) in [5.74, 6) is 0.138. The van der Waals surface area contributed by atoms with Crippen LogP contribution in [0.5, 0.6) is 17.2 Å². The van der Waals surface area contributed by atoms with Gasteiger partial charge >= 0.3 is 13.2 Å². The Morgan fingerprint density at radius 3 is 2.36 bits per heavy atom. The molecule has 0 aliphatic heterocycles. The number of aryl methyl sites for hydroxylation is 1. The van der Waals surface area contributed by atoms with Crippen molar-refractivity contribution < 1.29 is 31.8 Å². The first kappa shape index (κ1) is 20.1. The van der Waals surface area contributed by atoms with Gasteiger partial charge in [-0.25, -0.2) is 4.98 Å². The van der Waals surface area contributed by atoms with E-state index >= 15 is 0 Å². The zero-order chi connectivity index (χ0) is 20.3. The largest absolute Gasteiger partial charge is 0.496 e. The number of alkyl halides is 4. The SMILES string of the molecule is COc1cc(CSc2nc3cc(OC(F)F)c(OC(F)F)cc3[nH]2)ncc1C. The van der Waals surface area contributed by atoms with E-state index in [0.29, 0.717) is 22.2 Å². The van der Waals surface area contributed by atoms with Crippen molar-refractivity contribution in [2.24, 2.45) is 0 Å². The van der Waals surface area contributed by atoms with Gasteiger partial charge in [0.2, 0.25) is 0 Å². The van der Waals surface area contributed by atoms with Gasteiger partial charge in [0.15, 0.2) is 16.7 Å². The van der Waals surface area contributed by atoms with Gasteiger partial charge in [0.05, 0.1) is 23.8 Å². The summed E-state index contributed by atoms with van der Waals surface area (Å²) >= 11 is 1.30. The van der Waals surface area contributed by atoms with E-state index in [4.69, 9.17) is 4.74 Å². The van der Waals surface area contributed by atoms with Crippen LogP contribution in [-0.4, -0.2) is 35.3 Å². The number of nitrogens with one attached hydrogen (secondary N) is 1. The molecule has 0 bridgehead atoms. The van der Waals surface area contributed by atoms with Gasteiger partial charge in [-0.3, -0.25) is 4.98 Å². The van der Waals surface area contributed by atoms with Crippen molar-refractivity contribution >= 4 is 22.8 Å². The van der Waals surface area contributed by atoms with Gasteiger partial charge in [-0.05, 0) is 6.92 Å². The maximum absolute atomic E-state index is 12.5. The topological polar surface area (TPSA) is 69.3 Å². The first-order chi connectivity index (χ1) is 13.4. The molecule has 0 saturated carbocycles. The van der Waals surface area contributed by atoms with E-state index in [1.807, 2.05) is 6.92 Å². The second kappa shape index (κ2) is 8.55. The van der Waals surface area contributed by atoms with Crippen LogP contribution in [0.15, 0.2) is 29.6 Å². The van der Waals surface area contributed by atoms with E-state index in [9.17, 15) is 17.6 Å². The van der Waals surface area contributed by atoms with E-state index in [2.05, 4.69) is 24.4 Å². The number of rotatable bonds is 8. The summed E-state index contributed by atoms with van der Waals surface area (Å²) in [5.41, 5.74) is 2.26. The number of ether oxygens (including phenoxy) is 3. The van der Waals surface area contributed by atoms with Gasteiger partial charge in [0, 0.05) is 35.7 Å². The summed E-state index contributed by atoms with van der Waals surface area (Å²) in [4.78, 5) is 11.5. The zero-order valence-corrected chi connectivity index (χ0v) is 15.5. The van der Waals surface area contributed by atoms with Crippen LogP contribution < -0.4 is 14.2 Å². The minimum Gasteiger partial charge on any atom is -0.496 e. The molecule has 3 rings (SSSR count). The number of halogens is 4. The molecule has 0 saturated heterocycles. The zero-order valence-electron chi connectivity index (χ0n) is 14.7. The van der Waals surface area contributed by atoms with Gasteiger partial charge in [0.25, 0.3) is 0 Å². The average molecular weight is 417 g/mol. The van der Waals surface area contributed by atoms with E-state index in [1.54, 1.807) is 19.4 Å². The Morgan fingerprint density at radius 1 is 1.04 bits per heavy atom. The first-order valence-corrected chi connectivity index (χ1v) is 8.90. The van der Waals surface area contributed by atoms with Crippen molar-refractivity contribution in [2.75, 3.05) is 7.11 Å². The van der Waals surface area contributed by atoms with Crippen LogP contribution in [0.2, 0.25) is 0 Å². The Morgan fingerprint density at radius 2 is 1.71 bits per heavy atom. The number of pyridine rings is 1. The number of aromatic nitrogens is 3. The molecule has 0 amide bonds. The second-order valence-electron chi connectivity index (χ2n) is 5.55.